The summed E-state index contributed by atoms with van der Waals surface area (Å²) in [4.78, 5) is 45.4. The van der Waals surface area contributed by atoms with E-state index in [2.05, 4.69) is 36.8 Å². The summed E-state index contributed by atoms with van der Waals surface area (Å²) >= 11 is 0. The van der Waals surface area contributed by atoms with Crippen LogP contribution in [0.25, 0.3) is 0 Å². The van der Waals surface area contributed by atoms with Crippen molar-refractivity contribution in [2.45, 2.75) is 109 Å². The fraction of sp³-hybridized carbons (Fsp3) is 0.829. The number of fused-ring (bicyclic) bond motifs is 5. The Hall–Kier alpha value is -1.87. The molecule has 1 N–H and O–H groups in total. The minimum atomic E-state index is -0.955. The van der Waals surface area contributed by atoms with Gasteiger partial charge in [-0.1, -0.05) is 44.6 Å². The van der Waals surface area contributed by atoms with Crippen LogP contribution < -0.4 is 0 Å². The Kier molecular flexibility index (Phi) is 12.2. The molecule has 3 aliphatic carbocycles. The second-order valence-electron chi connectivity index (χ2n) is 16.7. The Morgan fingerprint density at radius 1 is 1.02 bits per heavy atom. The number of carbonyl (C=O) groups is 3. The molecule has 274 valence electrons. The lowest BCUT2D eigenvalue weighted by Gasteiger charge is -2.45. The fourth-order valence-corrected chi connectivity index (χ4v) is 11.3. The topological polar surface area (TPSA) is 96.4 Å². The summed E-state index contributed by atoms with van der Waals surface area (Å²) in [6.45, 7) is 19.4. The highest BCUT2D eigenvalue weighted by molar-refractivity contribution is 5.91. The van der Waals surface area contributed by atoms with Crippen molar-refractivity contribution >= 4 is 18.0 Å². The molecular weight excluding hydrogens is 616 g/mol. The summed E-state index contributed by atoms with van der Waals surface area (Å²) in [6, 6.07) is 0. The Morgan fingerprint density at radius 3 is 2.43 bits per heavy atom. The second-order valence-corrected chi connectivity index (χ2v) is 16.7. The van der Waals surface area contributed by atoms with Crippen molar-refractivity contribution in [1.82, 2.24) is 9.80 Å². The minimum absolute atomic E-state index is 0.0163. The van der Waals surface area contributed by atoms with Crippen LogP contribution in [0, 0.1) is 53.3 Å². The third kappa shape index (κ3) is 7.41. The van der Waals surface area contributed by atoms with Gasteiger partial charge in [-0.25, -0.2) is 0 Å². The zero-order chi connectivity index (χ0) is 34.7. The first-order valence-electron chi connectivity index (χ1n) is 20.0. The van der Waals surface area contributed by atoms with E-state index in [1.54, 1.807) is 0 Å². The van der Waals surface area contributed by atoms with E-state index in [-0.39, 0.29) is 77.7 Å². The molecule has 0 aromatic heterocycles. The maximum absolute atomic E-state index is 14.3. The maximum atomic E-state index is 14.3. The average Bonchev–Trinajstić information content (AvgIpc) is 3.41. The molecule has 8 heteroatoms. The van der Waals surface area contributed by atoms with Gasteiger partial charge in [0.2, 0.25) is 0 Å². The molecule has 6 aliphatic rings. The van der Waals surface area contributed by atoms with E-state index in [9.17, 15) is 19.5 Å². The van der Waals surface area contributed by atoms with Crippen LogP contribution in [0.15, 0.2) is 24.3 Å². The molecule has 0 amide bonds. The molecule has 8 nitrogen and oxygen atoms in total. The number of allylic oxidation sites excluding steroid dienone is 1. The number of ketones is 1. The van der Waals surface area contributed by atoms with Gasteiger partial charge in [0.25, 0.3) is 0 Å². The fourth-order valence-electron chi connectivity index (χ4n) is 11.3. The van der Waals surface area contributed by atoms with Crippen molar-refractivity contribution in [3.05, 3.63) is 24.3 Å². The number of aliphatic hydroxyl groups excluding tert-OH is 1. The molecule has 3 saturated heterocycles. The summed E-state index contributed by atoms with van der Waals surface area (Å²) < 4.78 is 13.4. The van der Waals surface area contributed by atoms with Crippen LogP contribution in [-0.2, 0) is 23.9 Å². The molecular formula is C41H64N2O6. The van der Waals surface area contributed by atoms with Crippen molar-refractivity contribution in [3.8, 4) is 0 Å². The van der Waals surface area contributed by atoms with E-state index >= 15 is 0 Å². The maximum Gasteiger partial charge on any atom is 0.310 e. The van der Waals surface area contributed by atoms with Gasteiger partial charge in [0.05, 0.1) is 12.5 Å². The number of rotatable bonds is 11. The molecule has 0 aromatic rings. The zero-order valence-corrected chi connectivity index (χ0v) is 30.5. The summed E-state index contributed by atoms with van der Waals surface area (Å²) in [6.07, 6.45) is 12.5. The standard InChI is InChI=1S/C41H64N2O6/c1-5-16-42(17-6-2)22-31(25-45)29-12-10-27(3)33-21-37(46)41(36(33)20-29)15-14-30(24-44)38-35(26-48-41)28(4)11-13-32-34(40(47)49-39(32)38)23-43-18-8-7-9-19-43/h25,29-36,38-39,44H,3-24,26H2,1-2H3/t29-,30?,31?,32+,33?,34?,35+,36?,38?,39+,41?/m1/s1. The lowest BCUT2D eigenvalue weighted by atomic mass is 9.67. The van der Waals surface area contributed by atoms with Crippen molar-refractivity contribution in [2.24, 2.45) is 53.3 Å². The molecule has 0 bridgehead atoms. The van der Waals surface area contributed by atoms with Gasteiger partial charge in [-0.05, 0) is 115 Å². The largest absolute Gasteiger partial charge is 0.461 e. The average molecular weight is 681 g/mol. The first-order valence-corrected chi connectivity index (χ1v) is 20.0. The van der Waals surface area contributed by atoms with Crippen LogP contribution in [0.1, 0.15) is 97.3 Å². The van der Waals surface area contributed by atoms with Gasteiger partial charge < -0.3 is 29.2 Å². The van der Waals surface area contributed by atoms with Crippen LogP contribution >= 0.6 is 0 Å². The Labute approximate surface area is 295 Å². The van der Waals surface area contributed by atoms with Gasteiger partial charge >= 0.3 is 5.97 Å². The van der Waals surface area contributed by atoms with E-state index in [4.69, 9.17) is 9.47 Å². The number of hydrogen-bond acceptors (Lipinski definition) is 8. The molecule has 3 heterocycles. The lowest BCUT2D eigenvalue weighted by molar-refractivity contribution is -0.163. The first kappa shape index (κ1) is 36.9. The van der Waals surface area contributed by atoms with E-state index in [1.807, 2.05) is 0 Å². The monoisotopic (exact) mass is 680 g/mol. The van der Waals surface area contributed by atoms with Gasteiger partial charge in [-0.2, -0.15) is 0 Å². The number of Topliss-reactive ketones (excluding diaryl/α,β-unsaturated/α-hetero) is 1. The number of nitrogens with zero attached hydrogens (tertiary/aromatic N) is 2. The highest BCUT2D eigenvalue weighted by Crippen LogP contribution is 2.56. The summed E-state index contributed by atoms with van der Waals surface area (Å²) in [5.41, 5.74) is 1.27. The number of ether oxygens (including phenoxy) is 2. The van der Waals surface area contributed by atoms with Gasteiger partial charge in [0.15, 0.2) is 5.78 Å². The molecule has 0 radical (unpaired) electrons. The molecule has 11 atom stereocenters. The second kappa shape index (κ2) is 16.2. The van der Waals surface area contributed by atoms with Crippen molar-refractivity contribution in [1.29, 1.82) is 0 Å². The van der Waals surface area contributed by atoms with Crippen molar-refractivity contribution in [3.63, 3.8) is 0 Å². The molecule has 6 fully saturated rings. The number of carbonyl (C=O) groups excluding carboxylic acids is 3. The molecule has 0 aromatic carbocycles. The molecule has 3 saturated carbocycles. The summed E-state index contributed by atoms with van der Waals surface area (Å²) in [5.74, 6) is -0.154. The normalized spacial score (nSPS) is 39.4. The van der Waals surface area contributed by atoms with Crippen LogP contribution in [0.4, 0.5) is 0 Å². The number of piperidine rings is 1. The Bertz CT molecular complexity index is 1210. The zero-order valence-electron chi connectivity index (χ0n) is 30.5. The number of aliphatic hydroxyl groups is 1. The van der Waals surface area contributed by atoms with Crippen LogP contribution in [0.5, 0.6) is 0 Å². The number of likely N-dealkylation sites (tertiary alicyclic amines) is 1. The number of aldehydes is 1. The van der Waals surface area contributed by atoms with Gasteiger partial charge in [0, 0.05) is 55.7 Å². The molecule has 7 unspecified atom stereocenters. The van der Waals surface area contributed by atoms with Gasteiger partial charge in [-0.15, -0.1) is 0 Å². The van der Waals surface area contributed by atoms with Gasteiger partial charge in [0.1, 0.15) is 18.0 Å². The molecule has 1 spiro atoms. The highest BCUT2D eigenvalue weighted by atomic mass is 16.6. The predicted molar refractivity (Wildman–Crippen MR) is 191 cm³/mol. The molecule has 6 rings (SSSR count). The minimum Gasteiger partial charge on any atom is -0.461 e. The number of hydrogen-bond donors (Lipinski definition) is 1. The molecule has 3 aliphatic heterocycles. The Balaban J connectivity index is 1.25. The quantitative estimate of drug-likeness (QED) is 0.165. The lowest BCUT2D eigenvalue weighted by Crippen LogP contribution is -2.51. The molecule has 49 heavy (non-hydrogen) atoms. The van der Waals surface area contributed by atoms with Crippen molar-refractivity contribution in [2.75, 3.05) is 52.5 Å². The summed E-state index contributed by atoms with van der Waals surface area (Å²) in [7, 11) is 0. The van der Waals surface area contributed by atoms with Crippen molar-refractivity contribution < 1.29 is 29.0 Å². The number of esters is 1. The smallest absolute Gasteiger partial charge is 0.310 e. The predicted octanol–water partition coefficient (Wildman–Crippen LogP) is 5.87. The van der Waals surface area contributed by atoms with E-state index in [1.165, 1.54) is 25.5 Å². The van der Waals surface area contributed by atoms with E-state index in [0.29, 0.717) is 25.9 Å². The SMILES string of the molecule is C=C1CC[C@@H](C(C=O)CN(CCC)CCC)CC2C1CC(=O)C21CCC(CO)C2[C@H]3OC(=O)C(CN4CCCCC4)[C@@H]3CCC(=C)[C@@H]2CO1. The van der Waals surface area contributed by atoms with Crippen LogP contribution in [0.3, 0.4) is 0 Å². The van der Waals surface area contributed by atoms with Gasteiger partial charge in [-0.3, -0.25) is 9.59 Å². The third-order valence-corrected chi connectivity index (χ3v) is 14.0. The Morgan fingerprint density at radius 2 is 1.73 bits per heavy atom. The summed E-state index contributed by atoms with van der Waals surface area (Å²) in [5, 5.41) is 11.0. The third-order valence-electron chi connectivity index (χ3n) is 14.0. The first-order chi connectivity index (χ1) is 23.7. The van der Waals surface area contributed by atoms with Crippen LogP contribution in [-0.4, -0.2) is 97.1 Å². The van der Waals surface area contributed by atoms with E-state index in [0.717, 1.165) is 95.4 Å². The van der Waals surface area contributed by atoms with Crippen LogP contribution in [0.2, 0.25) is 0 Å². The highest BCUT2D eigenvalue weighted by Gasteiger charge is 2.60. The van der Waals surface area contributed by atoms with E-state index < -0.39 is 5.60 Å².